The van der Waals surface area contributed by atoms with Crippen LogP contribution in [0.25, 0.3) is 0 Å². The zero-order valence-electron chi connectivity index (χ0n) is 27.3. The van der Waals surface area contributed by atoms with Crippen LogP contribution in [0.3, 0.4) is 0 Å². The number of thiazole rings is 1. The van der Waals surface area contributed by atoms with E-state index in [1.165, 1.54) is 19.2 Å². The van der Waals surface area contributed by atoms with Gasteiger partial charge in [-0.3, -0.25) is 19.3 Å². The molecule has 1 aromatic heterocycles. The molecule has 2 atom stereocenters. The SMILES string of the molecule is CC(C)(O/N=C(\C(=O)NC1C(=O)N2C(OC(=O)O)=C(CNC(=O)C3=CC(O)=C(O)C(=NOCc4ccccc4)C3)CS[C@@H]12)c1csc(N)n1)C(=O)O. The van der Waals surface area contributed by atoms with Gasteiger partial charge >= 0.3 is 12.1 Å². The van der Waals surface area contributed by atoms with Gasteiger partial charge in [0.25, 0.3) is 11.8 Å². The molecule has 1 saturated heterocycles. The molecule has 0 saturated carbocycles. The number of ether oxygens (including phenoxy) is 1. The maximum atomic E-state index is 13.3. The van der Waals surface area contributed by atoms with Crippen LogP contribution in [-0.2, 0) is 40.2 Å². The van der Waals surface area contributed by atoms with Gasteiger partial charge in [0.2, 0.25) is 17.4 Å². The largest absolute Gasteiger partial charge is 0.512 e. The number of aliphatic hydroxyl groups excluding tert-OH is 2. The van der Waals surface area contributed by atoms with E-state index in [1.807, 2.05) is 6.07 Å². The van der Waals surface area contributed by atoms with Crippen LogP contribution in [0.1, 0.15) is 31.5 Å². The number of thioether (sulfide) groups is 1. The van der Waals surface area contributed by atoms with Gasteiger partial charge in [-0.2, -0.15) is 0 Å². The van der Waals surface area contributed by atoms with Gasteiger partial charge in [0.15, 0.2) is 22.4 Å². The number of aliphatic hydroxyl groups is 2. The number of hydrogen-bond donors (Lipinski definition) is 7. The van der Waals surface area contributed by atoms with E-state index in [0.717, 1.165) is 39.6 Å². The first-order chi connectivity index (χ1) is 24.7. The Kier molecular flexibility index (Phi) is 11.0. The first-order valence-electron chi connectivity index (χ1n) is 15.1. The number of oxime groups is 2. The van der Waals surface area contributed by atoms with Crippen LogP contribution in [0, 0.1) is 0 Å². The van der Waals surface area contributed by atoms with E-state index in [0.29, 0.717) is 0 Å². The van der Waals surface area contributed by atoms with Crippen LogP contribution in [-0.4, -0.2) is 101 Å². The van der Waals surface area contributed by atoms with Crippen molar-refractivity contribution >= 4 is 69.5 Å². The highest BCUT2D eigenvalue weighted by Gasteiger charge is 2.54. The lowest BCUT2D eigenvalue weighted by Gasteiger charge is -2.49. The summed E-state index contributed by atoms with van der Waals surface area (Å²) in [6, 6.07) is 7.84. The number of fused-ring (bicyclic) bond motifs is 1. The Morgan fingerprint density at radius 2 is 1.88 bits per heavy atom. The van der Waals surface area contributed by atoms with Gasteiger partial charge in [-0.05, 0) is 25.5 Å². The van der Waals surface area contributed by atoms with Crippen molar-refractivity contribution in [1.82, 2.24) is 20.5 Å². The first kappa shape index (κ1) is 37.2. The Morgan fingerprint density at radius 1 is 1.15 bits per heavy atom. The Balaban J connectivity index is 1.27. The highest BCUT2D eigenvalue weighted by atomic mass is 32.2. The van der Waals surface area contributed by atoms with Gasteiger partial charge in [0, 0.05) is 35.2 Å². The zero-order valence-corrected chi connectivity index (χ0v) is 28.9. The number of nitrogen functional groups attached to an aromatic ring is 1. The maximum absolute atomic E-state index is 13.3. The molecule has 3 aliphatic rings. The molecule has 3 amide bonds. The topological polar surface area (TPSA) is 285 Å². The highest BCUT2D eigenvalue weighted by Crippen LogP contribution is 2.40. The number of carboxylic acid groups (broad SMARTS) is 2. The molecule has 1 fully saturated rings. The molecule has 0 spiro atoms. The maximum Gasteiger partial charge on any atom is 0.512 e. The summed E-state index contributed by atoms with van der Waals surface area (Å²) in [5.41, 5.74) is 4.26. The van der Waals surface area contributed by atoms with Crippen LogP contribution < -0.4 is 16.4 Å². The van der Waals surface area contributed by atoms with Crippen molar-refractivity contribution in [2.75, 3.05) is 18.0 Å². The van der Waals surface area contributed by atoms with Crippen molar-refractivity contribution in [2.24, 2.45) is 10.3 Å². The number of amides is 3. The minimum atomic E-state index is -1.83. The molecule has 1 unspecified atom stereocenters. The van der Waals surface area contributed by atoms with Gasteiger partial charge in [-0.15, -0.1) is 23.1 Å². The molecule has 2 aromatic rings. The second kappa shape index (κ2) is 15.4. The third-order valence-corrected chi connectivity index (χ3v) is 9.52. The summed E-state index contributed by atoms with van der Waals surface area (Å²) in [6.07, 6.45) is -0.906. The van der Waals surface area contributed by atoms with E-state index in [2.05, 4.69) is 25.9 Å². The molecule has 3 heterocycles. The highest BCUT2D eigenvalue weighted by molar-refractivity contribution is 8.00. The lowest BCUT2D eigenvalue weighted by atomic mass is 10.00. The van der Waals surface area contributed by atoms with Crippen LogP contribution in [0.15, 0.2) is 80.6 Å². The number of anilines is 1. The number of nitrogens with two attached hydrogens (primary N) is 1. The third kappa shape index (κ3) is 8.26. The number of allylic oxidation sites excluding steroid dienone is 2. The number of nitrogens with zero attached hydrogens (tertiary/aromatic N) is 4. The summed E-state index contributed by atoms with van der Waals surface area (Å²) in [4.78, 5) is 78.3. The third-order valence-electron chi connectivity index (χ3n) is 7.51. The average molecular weight is 758 g/mol. The van der Waals surface area contributed by atoms with Gasteiger partial charge in [0.1, 0.15) is 29.4 Å². The van der Waals surface area contributed by atoms with E-state index in [4.69, 9.17) is 20.1 Å². The molecular formula is C31H31N7O12S2. The Morgan fingerprint density at radius 3 is 2.54 bits per heavy atom. The summed E-state index contributed by atoms with van der Waals surface area (Å²) in [5.74, 6) is -5.28. The van der Waals surface area contributed by atoms with E-state index < -0.39 is 64.1 Å². The lowest BCUT2D eigenvalue weighted by Crippen LogP contribution is -2.70. The van der Waals surface area contributed by atoms with Crippen LogP contribution in [0.4, 0.5) is 9.93 Å². The molecule has 0 bridgehead atoms. The van der Waals surface area contributed by atoms with Gasteiger partial charge in [-0.1, -0.05) is 40.6 Å². The monoisotopic (exact) mass is 757 g/mol. The van der Waals surface area contributed by atoms with Crippen LogP contribution in [0.5, 0.6) is 0 Å². The number of carbonyl (C=O) groups excluding carboxylic acids is 3. The fourth-order valence-electron chi connectivity index (χ4n) is 4.72. The summed E-state index contributed by atoms with van der Waals surface area (Å²) in [7, 11) is 0. The standard InChI is InChI=1S/C31H31N7O12S2/c1-31(2,28(44)45)50-37-20(18-13-52-29(32)34-18)24(42)35-21-25(43)38-26(49-30(46)47)16(12-51-27(21)38)10-33-23(41)15-8-17(22(40)19(39)9-15)36-48-11-14-6-4-3-5-7-14/h3-7,9,13,21,27,39-40H,8,10-12H2,1-2H3,(H2,32,34)(H,33,41)(H,35,42)(H,44,45)(H,46,47)/b36-17?,37-20-/t21?,27-/m0/s1. The summed E-state index contributed by atoms with van der Waals surface area (Å²) in [6.45, 7) is 2.20. The molecule has 21 heteroatoms. The lowest BCUT2D eigenvalue weighted by molar-refractivity contribution is -0.161. The van der Waals surface area contributed by atoms with Gasteiger partial charge in [0.05, 0.1) is 0 Å². The van der Waals surface area contributed by atoms with Crippen molar-refractivity contribution in [1.29, 1.82) is 0 Å². The summed E-state index contributed by atoms with van der Waals surface area (Å²) >= 11 is 2.11. The molecule has 1 aliphatic carbocycles. The van der Waals surface area contributed by atoms with Crippen molar-refractivity contribution in [3.63, 3.8) is 0 Å². The van der Waals surface area contributed by atoms with E-state index in [9.17, 15) is 44.4 Å². The number of carboxylic acids is 1. The van der Waals surface area contributed by atoms with E-state index in [-0.39, 0.29) is 58.9 Å². The van der Waals surface area contributed by atoms with Crippen molar-refractivity contribution < 1.29 is 58.8 Å². The number of aliphatic carboxylic acids is 1. The molecule has 5 rings (SSSR count). The Labute approximate surface area is 302 Å². The minimum absolute atomic E-state index is 0.00198. The summed E-state index contributed by atoms with van der Waals surface area (Å²) in [5, 5.41) is 52.6. The second-order valence-corrected chi connectivity index (χ2v) is 13.6. The van der Waals surface area contributed by atoms with Crippen LogP contribution in [0.2, 0.25) is 0 Å². The van der Waals surface area contributed by atoms with Crippen molar-refractivity contribution in [3.05, 3.63) is 81.6 Å². The molecule has 1 aromatic carbocycles. The number of aromatic nitrogens is 1. The van der Waals surface area contributed by atoms with Crippen LogP contribution >= 0.6 is 23.1 Å². The number of rotatable bonds is 13. The first-order valence-corrected chi connectivity index (χ1v) is 17.0. The minimum Gasteiger partial charge on any atom is -0.504 e. The van der Waals surface area contributed by atoms with Crippen molar-refractivity contribution in [3.8, 4) is 0 Å². The quantitative estimate of drug-likeness (QED) is 0.0665. The fraction of sp³-hybridized carbons (Fsp3) is 0.290. The Hall–Kier alpha value is -6.09. The van der Waals surface area contributed by atoms with Gasteiger partial charge < -0.3 is 51.2 Å². The molecular weight excluding hydrogens is 727 g/mol. The van der Waals surface area contributed by atoms with E-state index >= 15 is 0 Å². The number of β-lactam (4-membered cyclic amide) rings is 1. The number of hydrogen-bond acceptors (Lipinski definition) is 16. The molecule has 0 radical (unpaired) electrons. The number of nitrogens with one attached hydrogen (secondary N) is 2. The average Bonchev–Trinajstić information content (AvgIpc) is 3.53. The smallest absolute Gasteiger partial charge is 0.504 e. The number of carbonyl (C=O) groups is 5. The molecule has 52 heavy (non-hydrogen) atoms. The zero-order chi connectivity index (χ0) is 37.7. The molecule has 2 aliphatic heterocycles. The second-order valence-electron chi connectivity index (χ2n) is 11.6. The predicted octanol–water partition coefficient (Wildman–Crippen LogP) is 1.96. The molecule has 274 valence electrons. The van der Waals surface area contributed by atoms with E-state index in [1.54, 1.807) is 24.3 Å². The molecule has 8 N–H and O–H groups in total. The fourth-order valence-corrected chi connectivity index (χ4v) is 6.59. The Bertz CT molecular complexity index is 1950. The summed E-state index contributed by atoms with van der Waals surface area (Å²) < 4.78 is 4.96. The normalized spacial score (nSPS) is 19.7. The number of benzene rings is 1. The molecule has 19 nitrogen and oxygen atoms in total. The van der Waals surface area contributed by atoms with Crippen molar-refractivity contribution in [2.45, 2.75) is 43.9 Å². The predicted molar refractivity (Wildman–Crippen MR) is 184 cm³/mol. The van der Waals surface area contributed by atoms with Gasteiger partial charge in [-0.25, -0.2) is 14.6 Å².